The van der Waals surface area contributed by atoms with Crippen LogP contribution in [0.3, 0.4) is 0 Å². The zero-order valence-electron chi connectivity index (χ0n) is 11.5. The fraction of sp³-hybridized carbons (Fsp3) is 0.312. The number of furan rings is 2. The van der Waals surface area contributed by atoms with Crippen LogP contribution in [0.2, 0.25) is 0 Å². The molecule has 21 heavy (non-hydrogen) atoms. The molecule has 0 bridgehead atoms. The summed E-state index contributed by atoms with van der Waals surface area (Å²) in [6, 6.07) is 3.69. The molecule has 4 rings (SSSR count). The third kappa shape index (κ3) is 1.60. The first-order valence-corrected chi connectivity index (χ1v) is 6.83. The third-order valence-electron chi connectivity index (χ3n) is 4.36. The minimum Gasteiger partial charge on any atom is -0.492 e. The molecule has 108 valence electrons. The van der Waals surface area contributed by atoms with Gasteiger partial charge in [-0.15, -0.1) is 0 Å². The Bertz CT molecular complexity index is 798. The van der Waals surface area contributed by atoms with Gasteiger partial charge in [-0.2, -0.15) is 0 Å². The third-order valence-corrected chi connectivity index (χ3v) is 4.36. The smallest absolute Gasteiger partial charge is 0.304 e. The number of carboxylic acids is 1. The molecule has 2 aromatic heterocycles. The van der Waals surface area contributed by atoms with Crippen molar-refractivity contribution in [1.82, 2.24) is 0 Å². The maximum Gasteiger partial charge on any atom is 0.304 e. The summed E-state index contributed by atoms with van der Waals surface area (Å²) in [5.74, 6) is -0.159. The van der Waals surface area contributed by atoms with E-state index in [-0.39, 0.29) is 11.8 Å². The Morgan fingerprint density at radius 3 is 2.52 bits per heavy atom. The van der Waals surface area contributed by atoms with Crippen LogP contribution in [0.4, 0.5) is 0 Å². The maximum absolute atomic E-state index is 11.2. The fourth-order valence-electron chi connectivity index (χ4n) is 3.29. The number of fused-ring (bicyclic) bond motifs is 2. The van der Waals surface area contributed by atoms with E-state index < -0.39 is 5.97 Å². The molecule has 0 unspecified atom stereocenters. The number of carboxylic acid groups (broad SMARTS) is 1. The lowest BCUT2D eigenvalue weighted by Gasteiger charge is -2.16. The van der Waals surface area contributed by atoms with E-state index in [0.717, 1.165) is 29.2 Å². The number of rotatable bonds is 4. The fourth-order valence-corrected chi connectivity index (χ4v) is 3.29. The van der Waals surface area contributed by atoms with Crippen LogP contribution in [0.5, 0.6) is 5.75 Å². The Hall–Kier alpha value is -2.43. The second-order valence-electron chi connectivity index (χ2n) is 5.59. The molecule has 5 heteroatoms. The van der Waals surface area contributed by atoms with Crippen molar-refractivity contribution in [1.29, 1.82) is 0 Å². The number of benzene rings is 1. The molecule has 1 saturated carbocycles. The summed E-state index contributed by atoms with van der Waals surface area (Å²) in [6.07, 6.45) is 5.01. The molecule has 1 N–H and O–H groups in total. The van der Waals surface area contributed by atoms with Gasteiger partial charge in [0, 0.05) is 16.4 Å². The summed E-state index contributed by atoms with van der Waals surface area (Å²) in [5.41, 5.74) is 1.95. The van der Waals surface area contributed by atoms with Gasteiger partial charge >= 0.3 is 5.97 Å². The minimum absolute atomic E-state index is 0.107. The largest absolute Gasteiger partial charge is 0.492 e. The van der Waals surface area contributed by atoms with Crippen molar-refractivity contribution >= 4 is 27.9 Å². The predicted octanol–water partition coefficient (Wildman–Crippen LogP) is 3.69. The van der Waals surface area contributed by atoms with Gasteiger partial charge in [0.2, 0.25) is 0 Å². The highest BCUT2D eigenvalue weighted by Crippen LogP contribution is 2.56. The average molecular weight is 286 g/mol. The lowest BCUT2D eigenvalue weighted by atomic mass is 9.88. The number of methoxy groups -OCH3 is 1. The van der Waals surface area contributed by atoms with Crippen LogP contribution < -0.4 is 4.74 Å². The van der Waals surface area contributed by atoms with Gasteiger partial charge < -0.3 is 18.7 Å². The number of aliphatic carboxylic acids is 1. The first-order chi connectivity index (χ1) is 10.2. The lowest BCUT2D eigenvalue weighted by Crippen LogP contribution is -2.13. The van der Waals surface area contributed by atoms with Gasteiger partial charge in [-0.25, -0.2) is 0 Å². The van der Waals surface area contributed by atoms with E-state index in [9.17, 15) is 9.90 Å². The zero-order chi connectivity index (χ0) is 14.6. The molecule has 3 aromatic rings. The molecule has 1 aromatic carbocycles. The Balaban J connectivity index is 2.09. The number of carbonyl (C=O) groups is 1. The lowest BCUT2D eigenvalue weighted by molar-refractivity contribution is -0.137. The first-order valence-electron chi connectivity index (χ1n) is 6.83. The van der Waals surface area contributed by atoms with Gasteiger partial charge in [0.15, 0.2) is 11.3 Å². The van der Waals surface area contributed by atoms with Crippen molar-refractivity contribution in [3.8, 4) is 5.75 Å². The second-order valence-corrected chi connectivity index (χ2v) is 5.59. The van der Waals surface area contributed by atoms with Gasteiger partial charge in [0.1, 0.15) is 5.58 Å². The van der Waals surface area contributed by atoms with E-state index in [1.165, 1.54) is 0 Å². The topological polar surface area (TPSA) is 72.8 Å². The summed E-state index contributed by atoms with van der Waals surface area (Å²) in [5, 5.41) is 10.9. The Kier molecular flexibility index (Phi) is 2.37. The average Bonchev–Trinajstić information content (AvgIpc) is 2.89. The summed E-state index contributed by atoms with van der Waals surface area (Å²) < 4.78 is 16.7. The first kappa shape index (κ1) is 12.3. The van der Waals surface area contributed by atoms with Gasteiger partial charge in [-0.1, -0.05) is 0 Å². The number of ether oxygens (including phenoxy) is 1. The zero-order valence-corrected chi connectivity index (χ0v) is 11.5. The standard InChI is InChI=1S/C16H14O5/c1-19-14-10-3-7-20-13(10)12(9-2-6-21-15(9)14)16(4-5-16)8-11(17)18/h2-3,6-7H,4-5,8H2,1H3,(H,17,18). The van der Waals surface area contributed by atoms with Crippen molar-refractivity contribution in [2.75, 3.05) is 7.11 Å². The van der Waals surface area contributed by atoms with E-state index in [1.807, 2.05) is 12.1 Å². The molecule has 1 aliphatic carbocycles. The van der Waals surface area contributed by atoms with E-state index in [1.54, 1.807) is 19.6 Å². The summed E-state index contributed by atoms with van der Waals surface area (Å²) in [7, 11) is 1.59. The van der Waals surface area contributed by atoms with Gasteiger partial charge in [0.05, 0.1) is 31.4 Å². The second kappa shape index (κ2) is 4.04. The maximum atomic E-state index is 11.2. The van der Waals surface area contributed by atoms with E-state index in [0.29, 0.717) is 16.9 Å². The Morgan fingerprint density at radius 1 is 1.24 bits per heavy atom. The van der Waals surface area contributed by atoms with Crippen molar-refractivity contribution in [3.05, 3.63) is 30.2 Å². The minimum atomic E-state index is -0.792. The van der Waals surface area contributed by atoms with Crippen molar-refractivity contribution in [2.45, 2.75) is 24.7 Å². The van der Waals surface area contributed by atoms with E-state index in [2.05, 4.69) is 0 Å². The van der Waals surface area contributed by atoms with Crippen molar-refractivity contribution < 1.29 is 23.5 Å². The predicted molar refractivity (Wildman–Crippen MR) is 75.7 cm³/mol. The molecule has 0 amide bonds. The van der Waals surface area contributed by atoms with Crippen molar-refractivity contribution in [3.63, 3.8) is 0 Å². The molecule has 1 fully saturated rings. The molecule has 1 aliphatic rings. The molecule has 5 nitrogen and oxygen atoms in total. The quantitative estimate of drug-likeness (QED) is 0.791. The van der Waals surface area contributed by atoms with Crippen LogP contribution in [-0.2, 0) is 10.2 Å². The molecule has 0 radical (unpaired) electrons. The molecule has 0 aliphatic heterocycles. The highest BCUT2D eigenvalue weighted by atomic mass is 16.5. The Labute approximate surface area is 120 Å². The Morgan fingerprint density at radius 2 is 1.90 bits per heavy atom. The highest BCUT2D eigenvalue weighted by Gasteiger charge is 2.49. The summed E-state index contributed by atoms with van der Waals surface area (Å²) in [4.78, 5) is 11.2. The molecule has 2 heterocycles. The molecular formula is C16H14O5. The van der Waals surface area contributed by atoms with E-state index >= 15 is 0 Å². The monoisotopic (exact) mass is 286 g/mol. The van der Waals surface area contributed by atoms with E-state index in [4.69, 9.17) is 13.6 Å². The van der Waals surface area contributed by atoms with Crippen LogP contribution in [0, 0.1) is 0 Å². The van der Waals surface area contributed by atoms with Gasteiger partial charge in [-0.3, -0.25) is 4.79 Å². The number of hydrogen-bond acceptors (Lipinski definition) is 4. The summed E-state index contributed by atoms with van der Waals surface area (Å²) in [6.45, 7) is 0. The van der Waals surface area contributed by atoms with Crippen LogP contribution in [0.25, 0.3) is 21.9 Å². The van der Waals surface area contributed by atoms with Gasteiger partial charge in [-0.05, 0) is 25.0 Å². The van der Waals surface area contributed by atoms with Crippen LogP contribution in [-0.4, -0.2) is 18.2 Å². The molecule has 0 spiro atoms. The normalized spacial score (nSPS) is 16.4. The van der Waals surface area contributed by atoms with Crippen LogP contribution >= 0.6 is 0 Å². The number of hydrogen-bond donors (Lipinski definition) is 1. The van der Waals surface area contributed by atoms with Crippen LogP contribution in [0.1, 0.15) is 24.8 Å². The summed E-state index contributed by atoms with van der Waals surface area (Å²) >= 11 is 0. The van der Waals surface area contributed by atoms with Gasteiger partial charge in [0.25, 0.3) is 0 Å². The molecular weight excluding hydrogens is 272 g/mol. The SMILES string of the molecule is COc1c2ccoc2c(C2(CC(=O)O)CC2)c2ccoc12. The molecule has 0 saturated heterocycles. The highest BCUT2D eigenvalue weighted by molar-refractivity contribution is 6.05. The molecule has 0 atom stereocenters. The van der Waals surface area contributed by atoms with Crippen molar-refractivity contribution in [2.24, 2.45) is 0 Å². The van der Waals surface area contributed by atoms with Crippen LogP contribution in [0.15, 0.2) is 33.5 Å².